The van der Waals surface area contributed by atoms with Crippen LogP contribution in [0.4, 0.5) is 0 Å². The Balaban J connectivity index is 0.961. The van der Waals surface area contributed by atoms with Gasteiger partial charge in [0.1, 0.15) is 11.9 Å². The Morgan fingerprint density at radius 1 is 0.906 bits per heavy atom. The quantitative estimate of drug-likeness (QED) is 0.0996. The number of hydrogen-bond donors (Lipinski definition) is 1. The zero-order chi connectivity index (χ0) is 36.4. The summed E-state index contributed by atoms with van der Waals surface area (Å²) in [6.45, 7) is 4.42. The van der Waals surface area contributed by atoms with E-state index in [4.69, 9.17) is 9.47 Å². The van der Waals surface area contributed by atoms with Gasteiger partial charge in [0.05, 0.1) is 6.04 Å². The van der Waals surface area contributed by atoms with Crippen LogP contribution in [-0.2, 0) is 27.8 Å². The molecule has 2 heterocycles. The first-order valence-corrected chi connectivity index (χ1v) is 21.7. The van der Waals surface area contributed by atoms with Gasteiger partial charge in [-0.1, -0.05) is 88.1 Å². The van der Waals surface area contributed by atoms with Crippen LogP contribution in [0.5, 0.6) is 17.2 Å². The number of benzene rings is 2. The molecule has 53 heavy (non-hydrogen) atoms. The summed E-state index contributed by atoms with van der Waals surface area (Å²) in [4.78, 5) is 31.9. The van der Waals surface area contributed by atoms with Crippen molar-refractivity contribution in [2.45, 2.75) is 165 Å². The highest BCUT2D eigenvalue weighted by atomic mass is 16.6. The van der Waals surface area contributed by atoms with Crippen LogP contribution in [0.1, 0.15) is 146 Å². The number of unbranched alkanes of at least 4 members (excludes halogenated alkanes) is 7. The summed E-state index contributed by atoms with van der Waals surface area (Å²) in [6, 6.07) is 12.8. The predicted octanol–water partition coefficient (Wildman–Crippen LogP) is 9.30. The van der Waals surface area contributed by atoms with Gasteiger partial charge < -0.3 is 19.5 Å². The van der Waals surface area contributed by atoms with Crippen LogP contribution in [-0.4, -0.2) is 64.6 Å². The molecule has 1 N–H and O–H groups in total. The third-order valence-electron chi connectivity index (χ3n) is 14.3. The van der Waals surface area contributed by atoms with Crippen LogP contribution < -0.4 is 9.47 Å². The largest absolute Gasteiger partial charge is 0.508 e. The topological polar surface area (TPSA) is 79.3 Å². The zero-order valence-electron chi connectivity index (χ0n) is 32.4. The molecule has 8 rings (SSSR count). The highest BCUT2D eigenvalue weighted by molar-refractivity contribution is 5.77. The van der Waals surface area contributed by atoms with Crippen molar-refractivity contribution in [3.63, 3.8) is 0 Å². The molecule has 4 fully saturated rings. The maximum Gasteiger partial charge on any atom is 0.308 e. The number of aryl methyl sites for hydroxylation is 1. The molecule has 4 aliphatic carbocycles. The van der Waals surface area contributed by atoms with E-state index in [1.54, 1.807) is 6.07 Å². The second-order valence-corrected chi connectivity index (χ2v) is 17.8. The van der Waals surface area contributed by atoms with E-state index in [1.807, 2.05) is 0 Å². The van der Waals surface area contributed by atoms with Gasteiger partial charge >= 0.3 is 5.97 Å². The minimum absolute atomic E-state index is 0.0159. The molecule has 5 atom stereocenters. The van der Waals surface area contributed by atoms with Crippen LogP contribution in [0.2, 0.25) is 0 Å². The van der Waals surface area contributed by atoms with Crippen molar-refractivity contribution >= 4 is 11.9 Å². The van der Waals surface area contributed by atoms with Gasteiger partial charge in [-0.2, -0.15) is 0 Å². The molecule has 3 saturated carbocycles. The van der Waals surface area contributed by atoms with Crippen molar-refractivity contribution in [1.29, 1.82) is 0 Å². The number of carbonyl (C=O) groups excluding carboxylic acids is 2. The number of hydrogen-bond acceptors (Lipinski definition) is 6. The SMILES string of the molecule is CC(=O)Oc1cc(O)c2c3c1O[C@H]1[C@H](N(CC4CCCCC4)C(=O)CCCCCCCCCCc4ccccc4)CC[C@H]4[C@@H](C2)N(CC2CC2)CC[C@@]341. The number of ether oxygens (including phenoxy) is 2. The third kappa shape index (κ3) is 7.75. The molecule has 0 aromatic heterocycles. The minimum Gasteiger partial charge on any atom is -0.508 e. The maximum atomic E-state index is 14.5. The summed E-state index contributed by atoms with van der Waals surface area (Å²) in [5.41, 5.74) is 3.25. The summed E-state index contributed by atoms with van der Waals surface area (Å²) in [7, 11) is 0. The molecule has 1 amide bonds. The molecule has 1 spiro atoms. The first kappa shape index (κ1) is 36.9. The second-order valence-electron chi connectivity index (χ2n) is 17.8. The molecular formula is C46H64N2O5. The van der Waals surface area contributed by atoms with Crippen molar-refractivity contribution in [1.82, 2.24) is 9.80 Å². The number of carbonyl (C=O) groups is 2. The summed E-state index contributed by atoms with van der Waals surface area (Å²) >= 11 is 0. The number of phenolic OH excluding ortho intramolecular Hbond substituents is 1. The van der Waals surface area contributed by atoms with Crippen molar-refractivity contribution in [3.05, 3.63) is 53.1 Å². The number of piperidine rings is 1. The fourth-order valence-electron chi connectivity index (χ4n) is 11.6. The first-order chi connectivity index (χ1) is 25.9. The summed E-state index contributed by atoms with van der Waals surface area (Å²) < 4.78 is 12.9. The van der Waals surface area contributed by atoms with Crippen molar-refractivity contribution in [2.24, 2.45) is 17.8 Å². The van der Waals surface area contributed by atoms with Gasteiger partial charge in [0.2, 0.25) is 5.91 Å². The number of nitrogens with zero attached hydrogens (tertiary/aromatic N) is 2. The lowest BCUT2D eigenvalue weighted by atomic mass is 9.50. The normalized spacial score (nSPS) is 27.6. The average Bonchev–Trinajstić information content (AvgIpc) is 3.92. The third-order valence-corrected chi connectivity index (χ3v) is 14.3. The lowest BCUT2D eigenvalue weighted by molar-refractivity contribution is -0.144. The molecule has 0 unspecified atom stereocenters. The molecule has 7 nitrogen and oxygen atoms in total. The van der Waals surface area contributed by atoms with Crippen molar-refractivity contribution in [3.8, 4) is 17.2 Å². The second kappa shape index (κ2) is 16.4. The van der Waals surface area contributed by atoms with E-state index in [9.17, 15) is 14.7 Å². The number of esters is 1. The average molecular weight is 725 g/mol. The predicted molar refractivity (Wildman–Crippen MR) is 208 cm³/mol. The smallest absolute Gasteiger partial charge is 0.308 e. The van der Waals surface area contributed by atoms with E-state index in [1.165, 1.54) is 102 Å². The standard InChI is InChI=1S/C46H64N2O5/c1-32(49)52-41-29-40(50)36-28-39-37-24-25-38(45-46(37,43(36)44(41)53-45)26-27-47(39)30-35-22-23-35)48(31-34-19-13-9-14-20-34)42(51)21-15-7-5-3-2-4-6-10-16-33-17-11-8-12-18-33/h8,11-12,17-18,29,34-35,37-39,45,50H,2-7,9-10,13-16,19-28,30-31H2,1H3/t37-,38+,39+,45-,46-/m0/s1. The van der Waals surface area contributed by atoms with E-state index < -0.39 is 5.97 Å². The molecule has 2 aromatic carbocycles. The van der Waals surface area contributed by atoms with Crippen LogP contribution in [0.3, 0.4) is 0 Å². The summed E-state index contributed by atoms with van der Waals surface area (Å²) in [5.74, 6) is 2.88. The van der Waals surface area contributed by atoms with Gasteiger partial charge in [0.25, 0.3) is 0 Å². The molecule has 2 bridgehead atoms. The maximum absolute atomic E-state index is 14.5. The van der Waals surface area contributed by atoms with Crippen LogP contribution in [0, 0.1) is 17.8 Å². The lowest BCUT2D eigenvalue weighted by Gasteiger charge is -2.60. The number of rotatable bonds is 17. The van der Waals surface area contributed by atoms with E-state index in [0.717, 1.165) is 75.2 Å². The van der Waals surface area contributed by atoms with Gasteiger partial charge in [0, 0.05) is 55.1 Å². The summed E-state index contributed by atoms with van der Waals surface area (Å²) in [5, 5.41) is 11.5. The van der Waals surface area contributed by atoms with E-state index >= 15 is 0 Å². The number of likely N-dealkylation sites (tertiary alicyclic amines) is 1. The molecule has 288 valence electrons. The highest BCUT2D eigenvalue weighted by Gasteiger charge is 2.67. The fourth-order valence-corrected chi connectivity index (χ4v) is 11.6. The zero-order valence-corrected chi connectivity index (χ0v) is 32.4. The molecule has 0 radical (unpaired) electrons. The molecule has 6 aliphatic rings. The first-order valence-electron chi connectivity index (χ1n) is 21.7. The van der Waals surface area contributed by atoms with Crippen LogP contribution >= 0.6 is 0 Å². The molecular weight excluding hydrogens is 661 g/mol. The minimum atomic E-state index is -0.408. The van der Waals surface area contributed by atoms with Crippen molar-refractivity contribution < 1.29 is 24.2 Å². The van der Waals surface area contributed by atoms with Gasteiger partial charge in [0.15, 0.2) is 11.5 Å². The number of aromatic hydroxyl groups is 1. The fraction of sp³-hybridized carbons (Fsp3) is 0.696. The Morgan fingerprint density at radius 2 is 1.64 bits per heavy atom. The molecule has 7 heteroatoms. The Hall–Kier alpha value is -3.06. The Morgan fingerprint density at radius 3 is 2.38 bits per heavy atom. The monoisotopic (exact) mass is 724 g/mol. The number of phenols is 1. The van der Waals surface area contributed by atoms with Crippen LogP contribution in [0.15, 0.2) is 36.4 Å². The number of amides is 1. The molecule has 2 aliphatic heterocycles. The van der Waals surface area contributed by atoms with Gasteiger partial charge in [-0.3, -0.25) is 14.5 Å². The Bertz CT molecular complexity index is 1580. The lowest BCUT2D eigenvalue weighted by Crippen LogP contribution is -2.69. The Kier molecular flexibility index (Phi) is 11.4. The van der Waals surface area contributed by atoms with Gasteiger partial charge in [-0.25, -0.2) is 0 Å². The molecule has 1 saturated heterocycles. The van der Waals surface area contributed by atoms with Gasteiger partial charge in [-0.05, 0) is 100 Å². The molecule has 2 aromatic rings. The van der Waals surface area contributed by atoms with E-state index in [-0.39, 0.29) is 23.3 Å². The van der Waals surface area contributed by atoms with E-state index in [2.05, 4.69) is 40.1 Å². The van der Waals surface area contributed by atoms with Gasteiger partial charge in [-0.15, -0.1) is 0 Å². The van der Waals surface area contributed by atoms with E-state index in [0.29, 0.717) is 41.7 Å². The Labute approximate surface area is 318 Å². The van der Waals surface area contributed by atoms with Crippen LogP contribution in [0.25, 0.3) is 0 Å². The summed E-state index contributed by atoms with van der Waals surface area (Å²) in [6.07, 6.45) is 23.9. The highest BCUT2D eigenvalue weighted by Crippen LogP contribution is 2.66. The van der Waals surface area contributed by atoms with Crippen molar-refractivity contribution in [2.75, 3.05) is 19.6 Å².